The van der Waals surface area contributed by atoms with Crippen molar-refractivity contribution in [3.05, 3.63) is 89.5 Å². The van der Waals surface area contributed by atoms with Crippen LogP contribution in [0.2, 0.25) is 0 Å². The molecule has 1 unspecified atom stereocenters. The van der Waals surface area contributed by atoms with Gasteiger partial charge in [0.15, 0.2) is 0 Å². The minimum absolute atomic E-state index is 0.161. The van der Waals surface area contributed by atoms with Crippen LogP contribution in [0.3, 0.4) is 0 Å². The van der Waals surface area contributed by atoms with E-state index in [0.717, 1.165) is 22.6 Å². The molecule has 3 N–H and O–H groups in total. The second kappa shape index (κ2) is 12.3. The van der Waals surface area contributed by atoms with E-state index in [4.69, 9.17) is 9.47 Å². The van der Waals surface area contributed by atoms with Crippen LogP contribution < -0.4 is 25.4 Å². The molecule has 0 spiro atoms. The lowest BCUT2D eigenvalue weighted by Gasteiger charge is -2.19. The van der Waals surface area contributed by atoms with Crippen LogP contribution in [-0.2, 0) is 4.79 Å². The smallest absolute Gasteiger partial charge is 0.251 e. The van der Waals surface area contributed by atoms with Crippen LogP contribution in [-0.4, -0.2) is 45.7 Å². The van der Waals surface area contributed by atoms with E-state index in [-0.39, 0.29) is 18.4 Å². The van der Waals surface area contributed by atoms with Crippen molar-refractivity contribution in [2.24, 2.45) is 0 Å². The highest BCUT2D eigenvalue weighted by Crippen LogP contribution is 2.20. The molecular weight excluding hydrogens is 430 g/mol. The van der Waals surface area contributed by atoms with Gasteiger partial charge in [0.25, 0.3) is 5.91 Å². The lowest BCUT2D eigenvalue weighted by Crippen LogP contribution is -2.39. The van der Waals surface area contributed by atoms with Crippen LogP contribution in [0.4, 0.5) is 5.69 Å². The van der Waals surface area contributed by atoms with Gasteiger partial charge < -0.3 is 25.4 Å². The minimum Gasteiger partial charge on any atom is -0.497 e. The Hall–Kier alpha value is -4.00. The number of carbonyl (C=O) groups excluding carboxylic acids is 2. The van der Waals surface area contributed by atoms with Gasteiger partial charge in [-0.1, -0.05) is 29.8 Å². The molecule has 3 aromatic carbocycles. The molecule has 0 saturated heterocycles. The maximum absolute atomic E-state index is 13.1. The maximum atomic E-state index is 13.1. The van der Waals surface area contributed by atoms with E-state index in [1.807, 2.05) is 73.7 Å². The second-order valence-electron chi connectivity index (χ2n) is 7.85. The summed E-state index contributed by atoms with van der Waals surface area (Å²) in [6, 6.07) is 22.2. The average Bonchev–Trinajstić information content (AvgIpc) is 2.87. The maximum Gasteiger partial charge on any atom is 0.251 e. The molecule has 2 amide bonds. The number of hydrogen-bond acceptors (Lipinski definition) is 5. The Labute approximate surface area is 200 Å². The summed E-state index contributed by atoms with van der Waals surface area (Å²) < 4.78 is 10.4. The quantitative estimate of drug-likeness (QED) is 0.379. The third-order valence-electron chi connectivity index (χ3n) is 5.43. The number of benzene rings is 3. The fourth-order valence-electron chi connectivity index (χ4n) is 3.51. The molecule has 0 radical (unpaired) electrons. The van der Waals surface area contributed by atoms with Crippen molar-refractivity contribution in [1.29, 1.82) is 0 Å². The number of carbonyl (C=O) groups is 2. The van der Waals surface area contributed by atoms with E-state index in [9.17, 15) is 9.59 Å². The van der Waals surface area contributed by atoms with Gasteiger partial charge in [-0.05, 0) is 61.0 Å². The Bertz CT molecular complexity index is 1080. The first-order valence-electron chi connectivity index (χ1n) is 11.1. The number of amides is 2. The normalized spacial score (nSPS) is 11.3. The van der Waals surface area contributed by atoms with Crippen LogP contribution in [0.15, 0.2) is 72.8 Å². The fraction of sp³-hybridized carbons (Fsp3) is 0.259. The fourth-order valence-corrected chi connectivity index (χ4v) is 3.51. The third-order valence-corrected chi connectivity index (χ3v) is 5.43. The topological polar surface area (TPSA) is 88.7 Å². The zero-order valence-electron chi connectivity index (χ0n) is 19.8. The highest BCUT2D eigenvalue weighted by atomic mass is 16.5. The predicted molar refractivity (Wildman–Crippen MR) is 134 cm³/mol. The van der Waals surface area contributed by atoms with Crippen LogP contribution in [0.1, 0.15) is 27.4 Å². The SMILES string of the molecule is COc1ccc(NCCNC(=O)C(CNC(=O)c2cccc(C)c2)c2ccc(OC)cc2)cc1. The molecule has 0 saturated carbocycles. The van der Waals surface area contributed by atoms with Crippen LogP contribution >= 0.6 is 0 Å². The van der Waals surface area contributed by atoms with Crippen molar-refractivity contribution in [2.45, 2.75) is 12.8 Å². The summed E-state index contributed by atoms with van der Waals surface area (Å²) in [6.07, 6.45) is 0. The molecule has 3 aromatic rings. The van der Waals surface area contributed by atoms with Gasteiger partial charge in [0, 0.05) is 30.9 Å². The van der Waals surface area contributed by atoms with Gasteiger partial charge in [-0.2, -0.15) is 0 Å². The lowest BCUT2D eigenvalue weighted by atomic mass is 9.97. The second-order valence-corrected chi connectivity index (χ2v) is 7.85. The third kappa shape index (κ3) is 7.00. The summed E-state index contributed by atoms with van der Waals surface area (Å²) in [5.41, 5.74) is 3.30. The van der Waals surface area contributed by atoms with Crippen molar-refractivity contribution in [3.63, 3.8) is 0 Å². The summed E-state index contributed by atoms with van der Waals surface area (Å²) >= 11 is 0. The summed E-state index contributed by atoms with van der Waals surface area (Å²) in [7, 11) is 3.22. The van der Waals surface area contributed by atoms with E-state index < -0.39 is 5.92 Å². The monoisotopic (exact) mass is 461 g/mol. The van der Waals surface area contributed by atoms with Gasteiger partial charge in [-0.15, -0.1) is 0 Å². The van der Waals surface area contributed by atoms with E-state index in [2.05, 4.69) is 16.0 Å². The van der Waals surface area contributed by atoms with Crippen molar-refractivity contribution >= 4 is 17.5 Å². The molecule has 7 heteroatoms. The van der Waals surface area contributed by atoms with E-state index in [1.54, 1.807) is 20.3 Å². The zero-order chi connectivity index (χ0) is 24.3. The van der Waals surface area contributed by atoms with Gasteiger partial charge in [0.1, 0.15) is 11.5 Å². The standard InChI is InChI=1S/C27H31N3O4/c1-19-5-4-6-21(17-19)26(31)30-18-25(20-7-11-23(33-2)12-8-20)27(32)29-16-15-28-22-9-13-24(34-3)14-10-22/h4-14,17,25,28H,15-16,18H2,1-3H3,(H,29,32)(H,30,31). The first kappa shape index (κ1) is 24.6. The molecule has 0 aliphatic rings. The molecule has 0 bridgehead atoms. The lowest BCUT2D eigenvalue weighted by molar-refractivity contribution is -0.122. The molecule has 0 aliphatic carbocycles. The van der Waals surface area contributed by atoms with Crippen LogP contribution in [0.25, 0.3) is 0 Å². The van der Waals surface area contributed by atoms with Crippen LogP contribution in [0.5, 0.6) is 11.5 Å². The summed E-state index contributed by atoms with van der Waals surface area (Å²) in [5.74, 6) is 0.576. The van der Waals surface area contributed by atoms with Gasteiger partial charge in [-0.3, -0.25) is 9.59 Å². The molecule has 3 rings (SSSR count). The van der Waals surface area contributed by atoms with Crippen LogP contribution in [0, 0.1) is 6.92 Å². The summed E-state index contributed by atoms with van der Waals surface area (Å²) in [4.78, 5) is 25.7. The first-order chi connectivity index (χ1) is 16.5. The molecule has 1 atom stereocenters. The van der Waals surface area contributed by atoms with E-state index >= 15 is 0 Å². The number of anilines is 1. The molecule has 0 fully saturated rings. The number of rotatable bonds is 11. The predicted octanol–water partition coefficient (Wildman–Crippen LogP) is 3.75. The van der Waals surface area contributed by atoms with Crippen molar-refractivity contribution in [3.8, 4) is 11.5 Å². The van der Waals surface area contributed by atoms with Gasteiger partial charge in [-0.25, -0.2) is 0 Å². The minimum atomic E-state index is -0.541. The van der Waals surface area contributed by atoms with E-state index in [0.29, 0.717) is 24.4 Å². The molecule has 0 aromatic heterocycles. The Morgan fingerprint density at radius 2 is 1.47 bits per heavy atom. The molecule has 0 aliphatic heterocycles. The zero-order valence-corrected chi connectivity index (χ0v) is 19.8. The highest BCUT2D eigenvalue weighted by Gasteiger charge is 2.21. The van der Waals surface area contributed by atoms with Gasteiger partial charge >= 0.3 is 0 Å². The van der Waals surface area contributed by atoms with Crippen molar-refractivity contribution in [1.82, 2.24) is 10.6 Å². The number of hydrogen-bond donors (Lipinski definition) is 3. The molecular formula is C27H31N3O4. The molecule has 178 valence electrons. The van der Waals surface area contributed by atoms with Crippen molar-refractivity contribution in [2.75, 3.05) is 39.2 Å². The first-order valence-corrected chi connectivity index (χ1v) is 11.1. The summed E-state index contributed by atoms with van der Waals surface area (Å²) in [6.45, 7) is 3.10. The van der Waals surface area contributed by atoms with Gasteiger partial charge in [0.05, 0.1) is 20.1 Å². The van der Waals surface area contributed by atoms with E-state index in [1.165, 1.54) is 0 Å². The average molecular weight is 462 g/mol. The largest absolute Gasteiger partial charge is 0.497 e. The summed E-state index contributed by atoms with van der Waals surface area (Å²) in [5, 5.41) is 9.13. The highest BCUT2D eigenvalue weighted by molar-refractivity contribution is 5.95. The Kier molecular flexibility index (Phi) is 8.91. The number of aryl methyl sites for hydroxylation is 1. The Balaban J connectivity index is 1.60. The number of nitrogens with one attached hydrogen (secondary N) is 3. The molecule has 7 nitrogen and oxygen atoms in total. The van der Waals surface area contributed by atoms with Crippen molar-refractivity contribution < 1.29 is 19.1 Å². The number of methoxy groups -OCH3 is 2. The van der Waals surface area contributed by atoms with Gasteiger partial charge in [0.2, 0.25) is 5.91 Å². The Morgan fingerprint density at radius 1 is 0.824 bits per heavy atom. The Morgan fingerprint density at radius 3 is 2.09 bits per heavy atom. The molecule has 0 heterocycles. The molecule has 34 heavy (non-hydrogen) atoms. The number of ether oxygens (including phenoxy) is 2.